The van der Waals surface area contributed by atoms with Crippen LogP contribution in [-0.4, -0.2) is 90.2 Å². The molecule has 43 heavy (non-hydrogen) atoms. The predicted octanol–water partition coefficient (Wildman–Crippen LogP) is 1.22. The maximum absolute atomic E-state index is 15.3. The summed E-state index contributed by atoms with van der Waals surface area (Å²) in [5.74, 6) is -1.76. The van der Waals surface area contributed by atoms with Gasteiger partial charge in [0.05, 0.1) is 21.7 Å². The van der Waals surface area contributed by atoms with Crippen LogP contribution in [-0.2, 0) is 9.59 Å². The normalized spacial score (nSPS) is 27.0. The van der Waals surface area contributed by atoms with Gasteiger partial charge in [-0.1, -0.05) is 0 Å². The Hall–Kier alpha value is -4.59. The number of piperidine rings is 2. The molecule has 4 aliphatic heterocycles. The predicted molar refractivity (Wildman–Crippen MR) is 152 cm³/mol. The van der Waals surface area contributed by atoms with Gasteiger partial charge in [0.1, 0.15) is 17.5 Å². The van der Waals surface area contributed by atoms with E-state index >= 15 is 4.39 Å². The minimum atomic E-state index is -1.09. The number of benzene rings is 2. The van der Waals surface area contributed by atoms with Crippen molar-refractivity contribution < 1.29 is 28.5 Å². The number of anilines is 3. The molecule has 1 saturated carbocycles. The average molecular weight is 592 g/mol. The Labute approximate surface area is 245 Å². The summed E-state index contributed by atoms with van der Waals surface area (Å²) >= 11 is 0. The zero-order valence-electron chi connectivity index (χ0n) is 23.2. The van der Waals surface area contributed by atoms with Crippen LogP contribution >= 0.6 is 0 Å². The van der Waals surface area contributed by atoms with E-state index in [-0.39, 0.29) is 41.0 Å². The number of nitrogens with one attached hydrogen (secondary N) is 1. The van der Waals surface area contributed by atoms with Crippen molar-refractivity contribution in [2.24, 2.45) is 17.8 Å². The van der Waals surface area contributed by atoms with E-state index in [4.69, 9.17) is 5.73 Å². The first-order valence-corrected chi connectivity index (χ1v) is 14.4. The van der Waals surface area contributed by atoms with Gasteiger partial charge >= 0.3 is 0 Å². The molecular formula is C29H30FN7O6. The number of fused-ring (bicyclic) bond motifs is 2. The van der Waals surface area contributed by atoms with E-state index in [0.29, 0.717) is 30.8 Å². The van der Waals surface area contributed by atoms with Crippen LogP contribution in [0.5, 0.6) is 0 Å². The van der Waals surface area contributed by atoms with Gasteiger partial charge in [-0.3, -0.25) is 44.4 Å². The monoisotopic (exact) mass is 591 g/mol. The molecule has 4 fully saturated rings. The number of nitrogen functional groups attached to an aromatic ring is 1. The first-order chi connectivity index (χ1) is 20.6. The van der Waals surface area contributed by atoms with Crippen molar-refractivity contribution in [3.8, 4) is 0 Å². The number of nitro benzene ring substituents is 1. The number of halogens is 1. The summed E-state index contributed by atoms with van der Waals surface area (Å²) in [5, 5.41) is 13.2. The zero-order chi connectivity index (χ0) is 30.2. The third kappa shape index (κ3) is 4.56. The van der Waals surface area contributed by atoms with Crippen LogP contribution in [0.4, 0.5) is 27.1 Å². The van der Waals surface area contributed by atoms with Gasteiger partial charge in [0.2, 0.25) is 11.8 Å². The number of rotatable bonds is 6. The van der Waals surface area contributed by atoms with Gasteiger partial charge < -0.3 is 15.5 Å². The number of carbonyl (C=O) groups excluding carboxylic acids is 4. The number of nitro groups is 1. The Morgan fingerprint density at radius 3 is 2.26 bits per heavy atom. The van der Waals surface area contributed by atoms with E-state index in [1.54, 1.807) is 12.1 Å². The summed E-state index contributed by atoms with van der Waals surface area (Å²) in [4.78, 5) is 68.0. The van der Waals surface area contributed by atoms with Gasteiger partial charge in [-0.2, -0.15) is 0 Å². The van der Waals surface area contributed by atoms with Crippen LogP contribution in [0.3, 0.4) is 0 Å². The molecule has 4 heterocycles. The van der Waals surface area contributed by atoms with Gasteiger partial charge in [0.15, 0.2) is 0 Å². The molecule has 224 valence electrons. The highest BCUT2D eigenvalue weighted by Gasteiger charge is 2.56. The van der Waals surface area contributed by atoms with E-state index in [9.17, 15) is 29.3 Å². The van der Waals surface area contributed by atoms with Crippen molar-refractivity contribution in [3.05, 3.63) is 57.4 Å². The van der Waals surface area contributed by atoms with Crippen LogP contribution in [0, 0.1) is 33.7 Å². The highest BCUT2D eigenvalue weighted by Crippen LogP contribution is 2.53. The second-order valence-electron chi connectivity index (χ2n) is 12.0. The summed E-state index contributed by atoms with van der Waals surface area (Å²) in [6.45, 7) is 5.55. The van der Waals surface area contributed by atoms with E-state index in [0.717, 1.165) is 49.4 Å². The quantitative estimate of drug-likeness (QED) is 0.216. The van der Waals surface area contributed by atoms with Crippen molar-refractivity contribution in [1.29, 1.82) is 0 Å². The summed E-state index contributed by atoms with van der Waals surface area (Å²) < 4.78 is 15.3. The molecule has 0 bridgehead atoms. The number of hydrogen-bond acceptors (Lipinski definition) is 10. The summed E-state index contributed by atoms with van der Waals surface area (Å²) in [5.41, 5.74) is 7.11. The zero-order valence-corrected chi connectivity index (χ0v) is 23.2. The fourth-order valence-corrected chi connectivity index (χ4v) is 7.23. The summed E-state index contributed by atoms with van der Waals surface area (Å²) in [6, 6.07) is 6.27. The number of piperazine rings is 1. The molecule has 3 saturated heterocycles. The van der Waals surface area contributed by atoms with Crippen LogP contribution < -0.4 is 20.9 Å². The van der Waals surface area contributed by atoms with Crippen LogP contribution in [0.15, 0.2) is 30.3 Å². The van der Waals surface area contributed by atoms with E-state index in [1.807, 2.05) is 4.90 Å². The lowest BCUT2D eigenvalue weighted by Gasteiger charge is -2.36. The van der Waals surface area contributed by atoms with Gasteiger partial charge in [-0.25, -0.2) is 4.39 Å². The molecule has 1 aliphatic carbocycles. The number of nitrogens with zero attached hydrogens (tertiary/aromatic N) is 5. The summed E-state index contributed by atoms with van der Waals surface area (Å²) in [7, 11) is 0. The van der Waals surface area contributed by atoms with Crippen LogP contribution in [0.1, 0.15) is 33.6 Å². The van der Waals surface area contributed by atoms with E-state index < -0.39 is 40.4 Å². The first-order valence-electron chi connectivity index (χ1n) is 14.4. The molecule has 2 aromatic carbocycles. The van der Waals surface area contributed by atoms with Gasteiger partial charge in [-0.15, -0.1) is 0 Å². The summed E-state index contributed by atoms with van der Waals surface area (Å²) in [6.07, 6.45) is 0.0643. The maximum Gasteiger partial charge on any atom is 0.292 e. The lowest BCUT2D eigenvalue weighted by Crippen LogP contribution is -2.54. The molecule has 3 atom stereocenters. The molecule has 13 nitrogen and oxygen atoms in total. The number of carbonyl (C=O) groups is 4. The molecular weight excluding hydrogens is 561 g/mol. The highest BCUT2D eigenvalue weighted by atomic mass is 19.1. The standard InChI is InChI=1S/C29H30FN7O6/c30-21-10-16-17(29(41)36(28(16)40)24-3-4-26(38)32-27(24)39)11-25(21)35-13-19-18(20(19)14-35)12-33-5-7-34(8-6-33)15-1-2-23(37(42)43)22(31)9-15/h1-2,9-11,18-20,24H,3-8,12-14,31H2,(H,32,38,39). The van der Waals surface area contributed by atoms with E-state index in [2.05, 4.69) is 15.1 Å². The van der Waals surface area contributed by atoms with Crippen molar-refractivity contribution in [1.82, 2.24) is 15.1 Å². The molecule has 5 aliphatic rings. The van der Waals surface area contributed by atoms with Gasteiger partial charge in [0, 0.05) is 64.0 Å². The molecule has 14 heteroatoms. The largest absolute Gasteiger partial charge is 0.393 e. The molecule has 0 aromatic heterocycles. The Kier molecular flexibility index (Phi) is 6.34. The number of nitrogens with two attached hydrogens (primary N) is 1. The van der Waals surface area contributed by atoms with Gasteiger partial charge in [0.25, 0.3) is 17.5 Å². The smallest absolute Gasteiger partial charge is 0.292 e. The van der Waals surface area contributed by atoms with E-state index in [1.165, 1.54) is 12.1 Å². The number of imide groups is 2. The molecule has 7 rings (SSSR count). The number of hydrogen-bond donors (Lipinski definition) is 2. The minimum Gasteiger partial charge on any atom is -0.393 e. The Morgan fingerprint density at radius 2 is 1.63 bits per heavy atom. The van der Waals surface area contributed by atoms with Crippen molar-refractivity contribution in [2.45, 2.75) is 18.9 Å². The molecule has 4 amide bonds. The first kappa shape index (κ1) is 27.3. The number of amides is 4. The minimum absolute atomic E-state index is 0.0196. The lowest BCUT2D eigenvalue weighted by atomic mass is 10.0. The second-order valence-corrected chi connectivity index (χ2v) is 12.0. The topological polar surface area (TPSA) is 162 Å². The molecule has 2 aromatic rings. The third-order valence-electron chi connectivity index (χ3n) is 9.63. The second kappa shape index (κ2) is 10.0. The third-order valence-corrected chi connectivity index (χ3v) is 9.63. The fourth-order valence-electron chi connectivity index (χ4n) is 7.23. The van der Waals surface area contributed by atoms with Crippen LogP contribution in [0.25, 0.3) is 0 Å². The highest BCUT2D eigenvalue weighted by molar-refractivity contribution is 6.23. The average Bonchev–Trinajstić information content (AvgIpc) is 3.29. The fraction of sp³-hybridized carbons (Fsp3) is 0.448. The Balaban J connectivity index is 0.951. The SMILES string of the molecule is Nc1cc(N2CCN(CC3C4CN(c5cc6c(cc5F)C(=O)N(C5CCC(=O)NC5=O)C6=O)CC34)CC2)ccc1[N+](=O)[O-]. The Morgan fingerprint density at radius 1 is 0.953 bits per heavy atom. The molecule has 3 unspecified atom stereocenters. The Bertz CT molecular complexity index is 1580. The molecule has 0 spiro atoms. The lowest BCUT2D eigenvalue weighted by molar-refractivity contribution is -0.383. The van der Waals surface area contributed by atoms with Gasteiger partial charge in [-0.05, 0) is 48.4 Å². The molecule has 3 N–H and O–H groups in total. The van der Waals surface area contributed by atoms with Crippen LogP contribution in [0.2, 0.25) is 0 Å². The van der Waals surface area contributed by atoms with Crippen molar-refractivity contribution >= 4 is 46.4 Å². The maximum atomic E-state index is 15.3. The van der Waals surface area contributed by atoms with Crippen molar-refractivity contribution in [2.75, 3.05) is 61.3 Å². The van der Waals surface area contributed by atoms with Crippen molar-refractivity contribution in [3.63, 3.8) is 0 Å². The molecule has 0 radical (unpaired) electrons.